The number of nitrogens with zero attached hydrogens (tertiary/aromatic N) is 2. The van der Waals surface area contributed by atoms with E-state index in [-0.39, 0.29) is 17.4 Å². The molecule has 2 aromatic heterocycles. The Bertz CT molecular complexity index is 1040. The first-order valence-electron chi connectivity index (χ1n) is 9.07. The van der Waals surface area contributed by atoms with Crippen molar-refractivity contribution < 1.29 is 9.53 Å². The number of carbonyl (C=O) groups excluding carboxylic acids is 1. The molecule has 0 spiro atoms. The van der Waals surface area contributed by atoms with Crippen LogP contribution in [0.15, 0.2) is 53.5 Å². The van der Waals surface area contributed by atoms with Crippen LogP contribution in [0.1, 0.15) is 34.8 Å². The molecule has 3 aromatic rings. The molecule has 1 aromatic carbocycles. The monoisotopic (exact) mass is 363 g/mol. The van der Waals surface area contributed by atoms with E-state index < -0.39 is 0 Å². The molecule has 0 bridgehead atoms. The van der Waals surface area contributed by atoms with E-state index in [0.29, 0.717) is 29.9 Å². The van der Waals surface area contributed by atoms with E-state index in [2.05, 4.69) is 9.97 Å². The van der Waals surface area contributed by atoms with E-state index in [0.717, 1.165) is 23.9 Å². The minimum atomic E-state index is -0.184. The first-order chi connectivity index (χ1) is 13.2. The van der Waals surface area contributed by atoms with Gasteiger partial charge in [-0.15, -0.1) is 0 Å². The molecule has 1 N–H and O–H groups in total. The zero-order valence-corrected chi connectivity index (χ0v) is 15.1. The molecule has 1 amide bonds. The number of carbonyl (C=O) groups is 1. The van der Waals surface area contributed by atoms with Crippen LogP contribution < -0.4 is 10.3 Å². The van der Waals surface area contributed by atoms with Gasteiger partial charge in [0.25, 0.3) is 11.5 Å². The molecule has 1 fully saturated rings. The summed E-state index contributed by atoms with van der Waals surface area (Å²) in [5.74, 6) is 0.631. The number of hydrogen-bond acceptors (Lipinski definition) is 4. The van der Waals surface area contributed by atoms with Gasteiger partial charge in [-0.05, 0) is 37.1 Å². The Morgan fingerprint density at radius 2 is 2.11 bits per heavy atom. The first-order valence-corrected chi connectivity index (χ1v) is 9.07. The van der Waals surface area contributed by atoms with Crippen LogP contribution in [0.25, 0.3) is 10.9 Å². The van der Waals surface area contributed by atoms with Crippen molar-refractivity contribution in [3.05, 3.63) is 70.3 Å². The zero-order chi connectivity index (χ0) is 18.8. The number of likely N-dealkylation sites (tertiary alicyclic amines) is 1. The Hall–Kier alpha value is -3.15. The van der Waals surface area contributed by atoms with Crippen LogP contribution >= 0.6 is 0 Å². The molecule has 138 valence electrons. The van der Waals surface area contributed by atoms with Crippen molar-refractivity contribution in [2.75, 3.05) is 20.2 Å². The largest absolute Gasteiger partial charge is 0.496 e. The lowest BCUT2D eigenvalue weighted by Gasteiger charge is -2.33. The van der Waals surface area contributed by atoms with Gasteiger partial charge in [0.2, 0.25) is 0 Å². The van der Waals surface area contributed by atoms with Crippen molar-refractivity contribution in [2.24, 2.45) is 0 Å². The summed E-state index contributed by atoms with van der Waals surface area (Å²) in [6.07, 6.45) is 3.43. The predicted octanol–water partition coefficient (Wildman–Crippen LogP) is 2.95. The molecule has 6 nitrogen and oxygen atoms in total. The van der Waals surface area contributed by atoms with Gasteiger partial charge in [0.15, 0.2) is 0 Å². The number of amides is 1. The number of pyridine rings is 2. The summed E-state index contributed by atoms with van der Waals surface area (Å²) >= 11 is 0. The minimum Gasteiger partial charge on any atom is -0.496 e. The van der Waals surface area contributed by atoms with E-state index in [9.17, 15) is 9.59 Å². The smallest absolute Gasteiger partial charge is 0.274 e. The number of ether oxygens (including phenoxy) is 1. The highest BCUT2D eigenvalue weighted by Gasteiger charge is 2.27. The highest BCUT2D eigenvalue weighted by atomic mass is 16.5. The summed E-state index contributed by atoms with van der Waals surface area (Å²) in [7, 11) is 1.57. The number of fused-ring (bicyclic) bond motifs is 1. The Labute approximate surface area is 156 Å². The third-order valence-electron chi connectivity index (χ3n) is 5.11. The first kappa shape index (κ1) is 17.3. The SMILES string of the molecule is COc1ccccc1C(=O)N1CCC[C@H](c2cc3cccnc3c(=O)[nH]2)C1. The highest BCUT2D eigenvalue weighted by Crippen LogP contribution is 2.28. The van der Waals surface area contributed by atoms with Gasteiger partial charge < -0.3 is 14.6 Å². The van der Waals surface area contributed by atoms with Crippen LogP contribution in [0.2, 0.25) is 0 Å². The van der Waals surface area contributed by atoms with Crippen molar-refractivity contribution in [1.29, 1.82) is 0 Å². The summed E-state index contributed by atoms with van der Waals surface area (Å²) in [4.78, 5) is 34.3. The lowest BCUT2D eigenvalue weighted by molar-refractivity contribution is 0.0702. The van der Waals surface area contributed by atoms with E-state index in [4.69, 9.17) is 4.74 Å². The van der Waals surface area contributed by atoms with Gasteiger partial charge in [-0.2, -0.15) is 0 Å². The quantitative estimate of drug-likeness (QED) is 0.776. The number of rotatable bonds is 3. The molecule has 4 rings (SSSR count). The maximum Gasteiger partial charge on any atom is 0.274 e. The third-order valence-corrected chi connectivity index (χ3v) is 5.11. The fourth-order valence-electron chi connectivity index (χ4n) is 3.74. The maximum atomic E-state index is 13.0. The molecule has 0 aliphatic carbocycles. The molecule has 1 aliphatic rings. The number of nitrogens with one attached hydrogen (secondary N) is 1. The topological polar surface area (TPSA) is 75.3 Å². The standard InChI is InChI=1S/C21H21N3O3/c1-27-18-9-3-2-8-16(18)21(26)24-11-5-7-15(13-24)17-12-14-6-4-10-22-19(14)20(25)23-17/h2-4,6,8-10,12,15H,5,7,11,13H2,1H3,(H,23,25)/t15-/m0/s1. The molecule has 0 unspecified atom stereocenters. The van der Waals surface area contributed by atoms with Crippen LogP contribution in [0.3, 0.4) is 0 Å². The lowest BCUT2D eigenvalue weighted by atomic mass is 9.93. The molecule has 1 saturated heterocycles. The van der Waals surface area contributed by atoms with Crippen molar-refractivity contribution in [2.45, 2.75) is 18.8 Å². The molecule has 0 radical (unpaired) electrons. The van der Waals surface area contributed by atoms with Gasteiger partial charge in [-0.3, -0.25) is 14.6 Å². The molecular formula is C21H21N3O3. The van der Waals surface area contributed by atoms with Gasteiger partial charge in [-0.1, -0.05) is 18.2 Å². The fourth-order valence-corrected chi connectivity index (χ4v) is 3.74. The predicted molar refractivity (Wildman–Crippen MR) is 103 cm³/mol. The highest BCUT2D eigenvalue weighted by molar-refractivity contribution is 5.97. The molecule has 0 saturated carbocycles. The second-order valence-corrected chi connectivity index (χ2v) is 6.79. The van der Waals surface area contributed by atoms with Crippen LogP contribution in [0, 0.1) is 0 Å². The number of aromatic amines is 1. The normalized spacial score (nSPS) is 17.1. The number of hydrogen-bond donors (Lipinski definition) is 1. The summed E-state index contributed by atoms with van der Waals surface area (Å²) in [5.41, 5.74) is 1.69. The van der Waals surface area contributed by atoms with Crippen LogP contribution in [0.5, 0.6) is 5.75 Å². The molecule has 6 heteroatoms. The maximum absolute atomic E-state index is 13.0. The molecule has 3 heterocycles. The number of benzene rings is 1. The van der Waals surface area contributed by atoms with E-state index in [1.807, 2.05) is 35.2 Å². The van der Waals surface area contributed by atoms with E-state index in [1.54, 1.807) is 25.4 Å². The van der Waals surface area contributed by atoms with Crippen LogP contribution in [-0.2, 0) is 0 Å². The Kier molecular flexibility index (Phi) is 4.62. The summed E-state index contributed by atoms with van der Waals surface area (Å²) in [6, 6.07) is 13.0. The lowest BCUT2D eigenvalue weighted by Crippen LogP contribution is -2.39. The summed E-state index contributed by atoms with van der Waals surface area (Å²) in [6.45, 7) is 1.27. The van der Waals surface area contributed by atoms with E-state index >= 15 is 0 Å². The molecule has 1 aliphatic heterocycles. The number of H-pyrrole nitrogens is 1. The molecule has 1 atom stereocenters. The van der Waals surface area contributed by atoms with Crippen LogP contribution in [0.4, 0.5) is 0 Å². The van der Waals surface area contributed by atoms with Crippen LogP contribution in [-0.4, -0.2) is 41.0 Å². The number of aromatic nitrogens is 2. The van der Waals surface area contributed by atoms with E-state index in [1.165, 1.54) is 0 Å². The molecule has 27 heavy (non-hydrogen) atoms. The van der Waals surface area contributed by atoms with Gasteiger partial charge in [0, 0.05) is 36.3 Å². The summed E-state index contributed by atoms with van der Waals surface area (Å²) in [5, 5.41) is 0.824. The Balaban J connectivity index is 1.62. The molecular weight excluding hydrogens is 342 g/mol. The second-order valence-electron chi connectivity index (χ2n) is 6.79. The van der Waals surface area contributed by atoms with Crippen molar-refractivity contribution in [1.82, 2.24) is 14.9 Å². The average molecular weight is 363 g/mol. The summed E-state index contributed by atoms with van der Waals surface area (Å²) < 4.78 is 5.33. The second kappa shape index (κ2) is 7.23. The third kappa shape index (κ3) is 3.30. The fraction of sp³-hybridized carbons (Fsp3) is 0.286. The Morgan fingerprint density at radius 3 is 2.96 bits per heavy atom. The average Bonchev–Trinajstić information content (AvgIpc) is 2.73. The van der Waals surface area contributed by atoms with Gasteiger partial charge in [-0.25, -0.2) is 0 Å². The number of methoxy groups -OCH3 is 1. The van der Waals surface area contributed by atoms with Gasteiger partial charge >= 0.3 is 0 Å². The van der Waals surface area contributed by atoms with Gasteiger partial charge in [0.05, 0.1) is 12.7 Å². The zero-order valence-electron chi connectivity index (χ0n) is 15.1. The number of piperidine rings is 1. The van der Waals surface area contributed by atoms with Crippen molar-refractivity contribution in [3.8, 4) is 5.75 Å². The number of para-hydroxylation sites is 1. The van der Waals surface area contributed by atoms with Crippen molar-refractivity contribution >= 4 is 16.8 Å². The Morgan fingerprint density at radius 1 is 1.26 bits per heavy atom. The van der Waals surface area contributed by atoms with Crippen molar-refractivity contribution in [3.63, 3.8) is 0 Å². The minimum absolute atomic E-state index is 0.0399. The van der Waals surface area contributed by atoms with Gasteiger partial charge in [0.1, 0.15) is 11.3 Å².